The highest BCUT2D eigenvalue weighted by atomic mass is 16.2. The molecule has 2 heterocycles. The van der Waals surface area contributed by atoms with Gasteiger partial charge in [0.15, 0.2) is 0 Å². The monoisotopic (exact) mass is 367 g/mol. The number of aromatic amines is 3. The minimum Gasteiger partial charge on any atom is -0.336 e. The highest BCUT2D eigenvalue weighted by Crippen LogP contribution is 2.23. The van der Waals surface area contributed by atoms with Crippen LogP contribution in [0.4, 0.5) is 0 Å². The normalized spacial score (nSPS) is 14.0. The van der Waals surface area contributed by atoms with Crippen LogP contribution in [0, 0.1) is 0 Å². The van der Waals surface area contributed by atoms with Gasteiger partial charge in [-0.15, -0.1) is 0 Å². The molecule has 0 radical (unpaired) electrons. The first-order valence-electron chi connectivity index (χ1n) is 9.10. The molecule has 0 aliphatic heterocycles. The maximum Gasteiger partial charge on any atom is 0.314 e. The van der Waals surface area contributed by atoms with Crippen molar-refractivity contribution in [2.45, 2.75) is 38.6 Å². The van der Waals surface area contributed by atoms with Crippen molar-refractivity contribution in [3.63, 3.8) is 0 Å². The van der Waals surface area contributed by atoms with Crippen molar-refractivity contribution in [1.29, 1.82) is 0 Å². The molecule has 0 saturated carbocycles. The smallest absolute Gasteiger partial charge is 0.314 e. The number of H-pyrrole nitrogens is 3. The molecule has 0 atom stereocenters. The van der Waals surface area contributed by atoms with E-state index in [1.165, 1.54) is 24.1 Å². The maximum atomic E-state index is 12.8. The number of hydrogen-bond acceptors (Lipinski definition) is 4. The summed E-state index contributed by atoms with van der Waals surface area (Å²) < 4.78 is 0. The van der Waals surface area contributed by atoms with Crippen LogP contribution in [-0.2, 0) is 19.4 Å². The van der Waals surface area contributed by atoms with Crippen molar-refractivity contribution in [2.75, 3.05) is 7.05 Å². The van der Waals surface area contributed by atoms with E-state index in [9.17, 15) is 14.4 Å². The zero-order valence-corrected chi connectivity index (χ0v) is 15.1. The van der Waals surface area contributed by atoms with Gasteiger partial charge in [0.25, 0.3) is 5.91 Å². The van der Waals surface area contributed by atoms with Crippen molar-refractivity contribution in [2.24, 2.45) is 0 Å². The third kappa shape index (κ3) is 3.30. The van der Waals surface area contributed by atoms with Gasteiger partial charge >= 0.3 is 11.1 Å². The number of fused-ring (bicyclic) bond motifs is 2. The van der Waals surface area contributed by atoms with Crippen LogP contribution in [0.3, 0.4) is 0 Å². The molecule has 1 amide bonds. The topological polar surface area (TPSA) is 115 Å². The van der Waals surface area contributed by atoms with Crippen LogP contribution in [-0.4, -0.2) is 38.0 Å². The molecule has 3 N–H and O–H groups in total. The standard InChI is InChI=1S/C19H21N5O3/c1-24(10-16-12-5-3-2-4-6-13(12)22-23-16)19(27)11-7-8-14-15(9-11)21-18(26)17(25)20-14/h7-9H,2-6,10H2,1H3,(H,20,25)(H,21,26)(H,22,23). The molecule has 3 aromatic rings. The predicted molar refractivity (Wildman–Crippen MR) is 101 cm³/mol. The summed E-state index contributed by atoms with van der Waals surface area (Å²) in [4.78, 5) is 42.3. The van der Waals surface area contributed by atoms with Crippen molar-refractivity contribution in [3.05, 3.63) is 61.4 Å². The van der Waals surface area contributed by atoms with E-state index < -0.39 is 11.1 Å². The predicted octanol–water partition coefficient (Wildman–Crippen LogP) is 1.48. The van der Waals surface area contributed by atoms with Crippen molar-refractivity contribution in [3.8, 4) is 0 Å². The van der Waals surface area contributed by atoms with Crippen LogP contribution in [0.2, 0.25) is 0 Å². The molecule has 0 saturated heterocycles. The molecule has 1 aliphatic carbocycles. The van der Waals surface area contributed by atoms with E-state index in [-0.39, 0.29) is 5.91 Å². The molecule has 4 rings (SSSR count). The number of rotatable bonds is 3. The molecule has 27 heavy (non-hydrogen) atoms. The Kier molecular flexibility index (Phi) is 4.39. The Labute approximate surface area is 154 Å². The summed E-state index contributed by atoms with van der Waals surface area (Å²) in [5.41, 5.74) is 3.25. The molecule has 0 bridgehead atoms. The van der Waals surface area contributed by atoms with Gasteiger partial charge in [0.1, 0.15) is 0 Å². The lowest BCUT2D eigenvalue weighted by Gasteiger charge is -2.17. The maximum absolute atomic E-state index is 12.8. The molecule has 1 aliphatic rings. The molecular weight excluding hydrogens is 346 g/mol. The number of amides is 1. The van der Waals surface area contributed by atoms with Gasteiger partial charge in [-0.3, -0.25) is 19.5 Å². The summed E-state index contributed by atoms with van der Waals surface area (Å²) in [5, 5.41) is 7.55. The van der Waals surface area contributed by atoms with Gasteiger partial charge in [-0.2, -0.15) is 5.10 Å². The number of nitrogens with one attached hydrogen (secondary N) is 3. The Bertz CT molecular complexity index is 1120. The highest BCUT2D eigenvalue weighted by molar-refractivity contribution is 5.97. The fraction of sp³-hybridized carbons (Fsp3) is 0.368. The van der Waals surface area contributed by atoms with Crippen LogP contribution in [0.5, 0.6) is 0 Å². The fourth-order valence-corrected chi connectivity index (χ4v) is 3.62. The second-order valence-electron chi connectivity index (χ2n) is 7.02. The summed E-state index contributed by atoms with van der Waals surface area (Å²) in [5.74, 6) is -0.172. The van der Waals surface area contributed by atoms with E-state index in [1.54, 1.807) is 30.1 Å². The first kappa shape index (κ1) is 17.3. The number of carbonyl (C=O) groups excluding carboxylic acids is 1. The van der Waals surface area contributed by atoms with Gasteiger partial charge in [-0.25, -0.2) is 0 Å². The van der Waals surface area contributed by atoms with Gasteiger partial charge in [-0.05, 0) is 49.4 Å². The summed E-state index contributed by atoms with van der Waals surface area (Å²) in [6.45, 7) is 0.421. The average molecular weight is 367 g/mol. The molecule has 8 nitrogen and oxygen atoms in total. The van der Waals surface area contributed by atoms with Gasteiger partial charge in [0.2, 0.25) is 0 Å². The lowest BCUT2D eigenvalue weighted by Crippen LogP contribution is -2.29. The first-order valence-corrected chi connectivity index (χ1v) is 9.10. The Morgan fingerprint density at radius 2 is 1.81 bits per heavy atom. The molecule has 8 heteroatoms. The summed E-state index contributed by atoms with van der Waals surface area (Å²) in [6.07, 6.45) is 5.53. The summed E-state index contributed by atoms with van der Waals surface area (Å²) >= 11 is 0. The Morgan fingerprint density at radius 3 is 2.63 bits per heavy atom. The van der Waals surface area contributed by atoms with E-state index in [0.717, 1.165) is 25.0 Å². The van der Waals surface area contributed by atoms with Crippen LogP contribution in [0.15, 0.2) is 27.8 Å². The number of benzene rings is 1. The van der Waals surface area contributed by atoms with Crippen molar-refractivity contribution < 1.29 is 4.79 Å². The molecule has 140 valence electrons. The second kappa shape index (κ2) is 6.86. The van der Waals surface area contributed by atoms with Gasteiger partial charge < -0.3 is 14.9 Å². The summed E-state index contributed by atoms with van der Waals surface area (Å²) in [6, 6.07) is 4.84. The number of aromatic nitrogens is 4. The molecule has 0 unspecified atom stereocenters. The largest absolute Gasteiger partial charge is 0.336 e. The highest BCUT2D eigenvalue weighted by Gasteiger charge is 2.19. The van der Waals surface area contributed by atoms with Crippen LogP contribution in [0.25, 0.3) is 11.0 Å². The van der Waals surface area contributed by atoms with E-state index in [1.807, 2.05) is 0 Å². The number of nitrogens with zero attached hydrogens (tertiary/aromatic N) is 2. The van der Waals surface area contributed by atoms with Crippen molar-refractivity contribution >= 4 is 16.9 Å². The first-order chi connectivity index (χ1) is 13.0. The quantitative estimate of drug-likeness (QED) is 0.480. The van der Waals surface area contributed by atoms with Gasteiger partial charge in [-0.1, -0.05) is 6.42 Å². The van der Waals surface area contributed by atoms with Gasteiger partial charge in [0.05, 0.1) is 23.3 Å². The number of aryl methyl sites for hydroxylation is 1. The number of carbonyl (C=O) groups is 1. The molecule has 0 spiro atoms. The van der Waals surface area contributed by atoms with Crippen LogP contribution < -0.4 is 11.1 Å². The zero-order valence-electron chi connectivity index (χ0n) is 15.1. The Balaban J connectivity index is 1.58. The minimum absolute atomic E-state index is 0.172. The average Bonchev–Trinajstić information content (AvgIpc) is 2.88. The van der Waals surface area contributed by atoms with E-state index in [2.05, 4.69) is 20.2 Å². The summed E-state index contributed by atoms with van der Waals surface area (Å²) in [7, 11) is 1.74. The lowest BCUT2D eigenvalue weighted by atomic mass is 10.1. The third-order valence-electron chi connectivity index (χ3n) is 5.09. The van der Waals surface area contributed by atoms with E-state index in [0.29, 0.717) is 23.1 Å². The van der Waals surface area contributed by atoms with E-state index >= 15 is 0 Å². The molecule has 2 aromatic heterocycles. The lowest BCUT2D eigenvalue weighted by molar-refractivity contribution is 0.0783. The molecule has 1 aromatic carbocycles. The Hall–Kier alpha value is -3.16. The van der Waals surface area contributed by atoms with Crippen LogP contribution >= 0.6 is 0 Å². The molecule has 0 fully saturated rings. The fourth-order valence-electron chi connectivity index (χ4n) is 3.62. The minimum atomic E-state index is -0.736. The van der Waals surface area contributed by atoms with Gasteiger partial charge in [0, 0.05) is 18.3 Å². The molecular formula is C19H21N5O3. The third-order valence-corrected chi connectivity index (χ3v) is 5.09. The number of hydrogen-bond donors (Lipinski definition) is 3. The van der Waals surface area contributed by atoms with Crippen LogP contribution in [0.1, 0.15) is 46.6 Å². The van der Waals surface area contributed by atoms with E-state index in [4.69, 9.17) is 0 Å². The second-order valence-corrected chi connectivity index (χ2v) is 7.02. The SMILES string of the molecule is CN(Cc1n[nH]c2c1CCCCC2)C(=O)c1ccc2[nH]c(=O)c(=O)[nH]c2c1. The Morgan fingerprint density at radius 1 is 1.07 bits per heavy atom. The zero-order chi connectivity index (χ0) is 19.0. The van der Waals surface area contributed by atoms with Crippen molar-refractivity contribution in [1.82, 2.24) is 25.1 Å².